The summed E-state index contributed by atoms with van der Waals surface area (Å²) in [5.41, 5.74) is 3.63. The van der Waals surface area contributed by atoms with Crippen LogP contribution in [0.4, 0.5) is 0 Å². The summed E-state index contributed by atoms with van der Waals surface area (Å²) in [4.78, 5) is 13.5. The van der Waals surface area contributed by atoms with Crippen LogP contribution in [0.1, 0.15) is 26.5 Å². The SMILES string of the molecule is O=C(NCc1cccs1)c1noc2c1CCc1ccccc1-2. The summed E-state index contributed by atoms with van der Waals surface area (Å²) in [7, 11) is 0. The van der Waals surface area contributed by atoms with Crippen molar-refractivity contribution in [2.75, 3.05) is 0 Å². The predicted octanol–water partition coefficient (Wildman–Crippen LogP) is 3.43. The van der Waals surface area contributed by atoms with E-state index in [-0.39, 0.29) is 5.91 Å². The molecule has 5 heteroatoms. The van der Waals surface area contributed by atoms with Crippen molar-refractivity contribution in [1.82, 2.24) is 10.5 Å². The van der Waals surface area contributed by atoms with Gasteiger partial charge < -0.3 is 9.84 Å². The maximum atomic E-state index is 12.4. The Morgan fingerprint density at radius 3 is 3.00 bits per heavy atom. The van der Waals surface area contributed by atoms with E-state index in [0.29, 0.717) is 12.2 Å². The maximum absolute atomic E-state index is 12.4. The molecule has 110 valence electrons. The van der Waals surface area contributed by atoms with Gasteiger partial charge in [0.15, 0.2) is 11.5 Å². The van der Waals surface area contributed by atoms with Gasteiger partial charge in [0.2, 0.25) is 0 Å². The molecule has 0 bridgehead atoms. The van der Waals surface area contributed by atoms with Gasteiger partial charge in [0.25, 0.3) is 5.91 Å². The van der Waals surface area contributed by atoms with Crippen molar-refractivity contribution in [3.63, 3.8) is 0 Å². The van der Waals surface area contributed by atoms with E-state index in [1.165, 1.54) is 5.56 Å². The van der Waals surface area contributed by atoms with Gasteiger partial charge in [0, 0.05) is 16.0 Å². The highest BCUT2D eigenvalue weighted by Crippen LogP contribution is 2.35. The molecule has 22 heavy (non-hydrogen) atoms. The molecule has 1 aliphatic rings. The Morgan fingerprint density at radius 1 is 1.23 bits per heavy atom. The second-order valence-electron chi connectivity index (χ2n) is 5.26. The molecule has 2 heterocycles. The molecule has 0 spiro atoms. The summed E-state index contributed by atoms with van der Waals surface area (Å²) in [6.45, 7) is 0.523. The van der Waals surface area contributed by atoms with Crippen molar-refractivity contribution in [3.05, 3.63) is 63.5 Å². The van der Waals surface area contributed by atoms with Crippen molar-refractivity contribution in [1.29, 1.82) is 0 Å². The van der Waals surface area contributed by atoms with E-state index in [4.69, 9.17) is 4.52 Å². The van der Waals surface area contributed by atoms with Crippen LogP contribution < -0.4 is 5.32 Å². The fourth-order valence-corrected chi connectivity index (χ4v) is 3.46. The average molecular weight is 310 g/mol. The van der Waals surface area contributed by atoms with Crippen LogP contribution in [0.25, 0.3) is 11.3 Å². The molecule has 0 fully saturated rings. The Balaban J connectivity index is 1.60. The molecular formula is C17H14N2O2S. The summed E-state index contributed by atoms with van der Waals surface area (Å²) >= 11 is 1.62. The largest absolute Gasteiger partial charge is 0.355 e. The molecule has 0 atom stereocenters. The lowest BCUT2D eigenvalue weighted by atomic mass is 9.89. The van der Waals surface area contributed by atoms with Crippen LogP contribution in [0, 0.1) is 0 Å². The standard InChI is InChI=1S/C17H14N2O2S/c20-17(18-10-12-5-3-9-22-12)15-14-8-7-11-4-1-2-6-13(11)16(14)21-19-15/h1-6,9H,7-8,10H2,(H,18,20). The van der Waals surface area contributed by atoms with Crippen LogP contribution >= 0.6 is 11.3 Å². The van der Waals surface area contributed by atoms with Gasteiger partial charge in [0.1, 0.15) is 0 Å². The Morgan fingerprint density at radius 2 is 2.14 bits per heavy atom. The average Bonchev–Trinajstić information content (AvgIpc) is 3.22. The second kappa shape index (κ2) is 5.42. The minimum atomic E-state index is -0.169. The number of benzene rings is 1. The fourth-order valence-electron chi connectivity index (χ4n) is 2.81. The van der Waals surface area contributed by atoms with Gasteiger partial charge in [-0.2, -0.15) is 0 Å². The van der Waals surface area contributed by atoms with Crippen molar-refractivity contribution in [3.8, 4) is 11.3 Å². The van der Waals surface area contributed by atoms with Gasteiger partial charge in [-0.3, -0.25) is 4.79 Å². The van der Waals surface area contributed by atoms with E-state index < -0.39 is 0 Å². The monoisotopic (exact) mass is 310 g/mol. The molecule has 1 amide bonds. The van der Waals surface area contributed by atoms with Crippen molar-refractivity contribution < 1.29 is 9.32 Å². The van der Waals surface area contributed by atoms with Crippen LogP contribution in [0.2, 0.25) is 0 Å². The molecule has 4 nitrogen and oxygen atoms in total. The number of fused-ring (bicyclic) bond motifs is 3. The second-order valence-corrected chi connectivity index (χ2v) is 6.29. The van der Waals surface area contributed by atoms with Gasteiger partial charge in [-0.05, 0) is 29.9 Å². The number of carbonyl (C=O) groups is 1. The normalized spacial score (nSPS) is 12.5. The summed E-state index contributed by atoms with van der Waals surface area (Å²) in [5, 5.41) is 8.92. The van der Waals surface area contributed by atoms with Crippen molar-refractivity contribution in [2.24, 2.45) is 0 Å². The lowest BCUT2D eigenvalue weighted by Gasteiger charge is -2.14. The quantitative estimate of drug-likeness (QED) is 0.806. The lowest BCUT2D eigenvalue weighted by Crippen LogP contribution is -2.24. The zero-order valence-electron chi connectivity index (χ0n) is 11.8. The molecule has 0 radical (unpaired) electrons. The molecule has 0 aliphatic heterocycles. The number of hydrogen-bond donors (Lipinski definition) is 1. The van der Waals surface area contributed by atoms with Gasteiger partial charge in [-0.25, -0.2) is 0 Å². The molecule has 0 saturated heterocycles. The number of aromatic nitrogens is 1. The molecule has 0 saturated carbocycles. The van der Waals surface area contributed by atoms with Gasteiger partial charge in [-0.1, -0.05) is 35.5 Å². The number of nitrogens with one attached hydrogen (secondary N) is 1. The molecule has 4 rings (SSSR count). The molecule has 3 aromatic rings. The first-order chi connectivity index (χ1) is 10.8. The molecule has 1 N–H and O–H groups in total. The number of amides is 1. The number of rotatable bonds is 3. The van der Waals surface area contributed by atoms with Gasteiger partial charge in [0.05, 0.1) is 6.54 Å². The van der Waals surface area contributed by atoms with E-state index in [1.807, 2.05) is 35.7 Å². The Kier molecular flexibility index (Phi) is 3.27. The maximum Gasteiger partial charge on any atom is 0.274 e. The third kappa shape index (κ3) is 2.23. The number of hydrogen-bond acceptors (Lipinski definition) is 4. The van der Waals surface area contributed by atoms with Crippen LogP contribution in [-0.2, 0) is 19.4 Å². The van der Waals surface area contributed by atoms with E-state index in [0.717, 1.165) is 34.6 Å². The summed E-state index contributed by atoms with van der Waals surface area (Å²) in [5.74, 6) is 0.570. The summed E-state index contributed by atoms with van der Waals surface area (Å²) in [6.07, 6.45) is 1.70. The van der Waals surface area contributed by atoms with E-state index in [9.17, 15) is 4.79 Å². The fraction of sp³-hybridized carbons (Fsp3) is 0.176. The number of thiophene rings is 1. The zero-order chi connectivity index (χ0) is 14.9. The molecular weight excluding hydrogens is 296 g/mol. The van der Waals surface area contributed by atoms with Crippen molar-refractivity contribution in [2.45, 2.75) is 19.4 Å². The molecule has 1 aromatic carbocycles. The van der Waals surface area contributed by atoms with Crippen LogP contribution in [0.3, 0.4) is 0 Å². The minimum Gasteiger partial charge on any atom is -0.355 e. The third-order valence-electron chi connectivity index (χ3n) is 3.91. The number of aryl methyl sites for hydroxylation is 1. The molecule has 2 aromatic heterocycles. The van der Waals surface area contributed by atoms with Gasteiger partial charge in [-0.15, -0.1) is 11.3 Å². The highest BCUT2D eigenvalue weighted by molar-refractivity contribution is 7.09. The molecule has 0 unspecified atom stereocenters. The zero-order valence-corrected chi connectivity index (χ0v) is 12.7. The Labute approximate surface area is 131 Å². The van der Waals surface area contributed by atoms with Crippen LogP contribution in [-0.4, -0.2) is 11.1 Å². The lowest BCUT2D eigenvalue weighted by molar-refractivity contribution is 0.0941. The Bertz CT molecular complexity index is 821. The van der Waals surface area contributed by atoms with E-state index in [2.05, 4.69) is 16.5 Å². The number of carbonyl (C=O) groups excluding carboxylic acids is 1. The van der Waals surface area contributed by atoms with Gasteiger partial charge >= 0.3 is 0 Å². The van der Waals surface area contributed by atoms with E-state index in [1.54, 1.807) is 11.3 Å². The predicted molar refractivity (Wildman–Crippen MR) is 84.8 cm³/mol. The topological polar surface area (TPSA) is 55.1 Å². The molecule has 1 aliphatic carbocycles. The first-order valence-electron chi connectivity index (χ1n) is 7.20. The van der Waals surface area contributed by atoms with Crippen LogP contribution in [0.15, 0.2) is 46.3 Å². The first kappa shape index (κ1) is 13.3. The number of nitrogens with zero attached hydrogens (tertiary/aromatic N) is 1. The smallest absolute Gasteiger partial charge is 0.274 e. The third-order valence-corrected chi connectivity index (χ3v) is 4.79. The highest BCUT2D eigenvalue weighted by atomic mass is 32.1. The highest BCUT2D eigenvalue weighted by Gasteiger charge is 2.27. The Hall–Kier alpha value is -2.40. The van der Waals surface area contributed by atoms with E-state index >= 15 is 0 Å². The minimum absolute atomic E-state index is 0.169. The first-order valence-corrected chi connectivity index (χ1v) is 8.08. The summed E-state index contributed by atoms with van der Waals surface area (Å²) in [6, 6.07) is 12.1. The van der Waals surface area contributed by atoms with Crippen molar-refractivity contribution >= 4 is 17.2 Å². The van der Waals surface area contributed by atoms with Crippen LogP contribution in [0.5, 0.6) is 0 Å². The summed E-state index contributed by atoms with van der Waals surface area (Å²) < 4.78 is 5.46.